The van der Waals surface area contributed by atoms with Gasteiger partial charge in [0.25, 0.3) is 0 Å². The number of hydrogen-bond donors (Lipinski definition) is 1. The number of rotatable bonds is 3. The van der Waals surface area contributed by atoms with Crippen LogP contribution in [-0.2, 0) is 4.74 Å². The lowest BCUT2D eigenvalue weighted by atomic mass is 10.2. The minimum absolute atomic E-state index is 0.101. The van der Waals surface area contributed by atoms with Crippen molar-refractivity contribution >= 4 is 29.5 Å². The number of carboxylic acids is 1. The summed E-state index contributed by atoms with van der Waals surface area (Å²) >= 11 is 5.85. The van der Waals surface area contributed by atoms with E-state index in [2.05, 4.69) is 4.98 Å². The third-order valence-electron chi connectivity index (χ3n) is 3.18. The van der Waals surface area contributed by atoms with Crippen molar-refractivity contribution in [2.75, 3.05) is 37.7 Å². The third-order valence-corrected chi connectivity index (χ3v) is 3.39. The van der Waals surface area contributed by atoms with Crippen LogP contribution in [0.3, 0.4) is 0 Å². The van der Waals surface area contributed by atoms with Crippen LogP contribution >= 0.6 is 11.6 Å². The first-order valence-corrected chi connectivity index (χ1v) is 6.97. The number of anilines is 1. The van der Waals surface area contributed by atoms with E-state index in [9.17, 15) is 14.7 Å². The Morgan fingerprint density at radius 1 is 1.33 bits per heavy atom. The minimum atomic E-state index is -1.05. The van der Waals surface area contributed by atoms with Gasteiger partial charge in [0.05, 0.1) is 6.61 Å². The summed E-state index contributed by atoms with van der Waals surface area (Å²) in [5, 5.41) is 9.44. The molecule has 8 heteroatoms. The molecule has 0 bridgehead atoms. The standard InChI is InChI=1S/C13H16ClN3O4/c1-2-21-13(20)17-7-5-16(6-8-17)11-9(12(18)19)3-4-10(14)15-11/h3-4H,2,5-8H2,1H3,(H,18,19). The largest absolute Gasteiger partial charge is 0.478 e. The van der Waals surface area contributed by atoms with Gasteiger partial charge in [-0.15, -0.1) is 0 Å². The number of piperazine rings is 1. The number of pyridine rings is 1. The van der Waals surface area contributed by atoms with E-state index in [0.29, 0.717) is 38.6 Å². The van der Waals surface area contributed by atoms with Gasteiger partial charge >= 0.3 is 12.1 Å². The fraction of sp³-hybridized carbons (Fsp3) is 0.462. The van der Waals surface area contributed by atoms with Crippen LogP contribution in [-0.4, -0.2) is 59.8 Å². The van der Waals surface area contributed by atoms with E-state index in [1.165, 1.54) is 12.1 Å². The molecule has 1 aromatic heterocycles. The summed E-state index contributed by atoms with van der Waals surface area (Å²) in [7, 11) is 0. The van der Waals surface area contributed by atoms with Crippen LogP contribution in [0.2, 0.25) is 5.15 Å². The van der Waals surface area contributed by atoms with Crippen molar-refractivity contribution in [1.82, 2.24) is 9.88 Å². The Bertz CT molecular complexity index is 544. The van der Waals surface area contributed by atoms with Crippen LogP contribution in [0.15, 0.2) is 12.1 Å². The molecule has 1 amide bonds. The molecule has 2 heterocycles. The Labute approximate surface area is 127 Å². The SMILES string of the molecule is CCOC(=O)N1CCN(c2nc(Cl)ccc2C(=O)O)CC1. The quantitative estimate of drug-likeness (QED) is 0.855. The van der Waals surface area contributed by atoms with Crippen molar-refractivity contribution in [1.29, 1.82) is 0 Å². The average molecular weight is 314 g/mol. The predicted molar refractivity (Wildman–Crippen MR) is 77.0 cm³/mol. The summed E-state index contributed by atoms with van der Waals surface area (Å²) in [6.07, 6.45) is -0.352. The molecule has 7 nitrogen and oxygen atoms in total. The first-order chi connectivity index (χ1) is 10.0. The van der Waals surface area contributed by atoms with Gasteiger partial charge in [-0.1, -0.05) is 11.6 Å². The van der Waals surface area contributed by atoms with Gasteiger partial charge in [-0.25, -0.2) is 14.6 Å². The van der Waals surface area contributed by atoms with Gasteiger partial charge in [0.15, 0.2) is 0 Å². The van der Waals surface area contributed by atoms with Crippen LogP contribution in [0.25, 0.3) is 0 Å². The molecule has 2 rings (SSSR count). The molecule has 1 aliphatic heterocycles. The van der Waals surface area contributed by atoms with Gasteiger partial charge in [0, 0.05) is 26.2 Å². The van der Waals surface area contributed by atoms with Crippen molar-refractivity contribution < 1.29 is 19.4 Å². The number of ether oxygens (including phenoxy) is 1. The molecule has 1 N–H and O–H groups in total. The number of nitrogens with zero attached hydrogens (tertiary/aromatic N) is 3. The van der Waals surface area contributed by atoms with Gasteiger partial charge in [-0.3, -0.25) is 0 Å². The van der Waals surface area contributed by atoms with Crippen molar-refractivity contribution in [3.05, 3.63) is 22.8 Å². The zero-order valence-corrected chi connectivity index (χ0v) is 12.3. The topological polar surface area (TPSA) is 83.0 Å². The van der Waals surface area contributed by atoms with Gasteiger partial charge < -0.3 is 19.6 Å². The second kappa shape index (κ2) is 6.62. The number of hydrogen-bond acceptors (Lipinski definition) is 5. The van der Waals surface area contributed by atoms with E-state index in [4.69, 9.17) is 16.3 Å². The summed E-state index contributed by atoms with van der Waals surface area (Å²) in [5.41, 5.74) is 0.101. The molecular formula is C13H16ClN3O4. The third kappa shape index (κ3) is 3.55. The average Bonchev–Trinajstić information content (AvgIpc) is 2.47. The van der Waals surface area contributed by atoms with Gasteiger partial charge in [0.1, 0.15) is 16.5 Å². The lowest BCUT2D eigenvalue weighted by Gasteiger charge is -2.35. The van der Waals surface area contributed by atoms with E-state index in [1.807, 2.05) is 4.90 Å². The van der Waals surface area contributed by atoms with Crippen molar-refractivity contribution in [3.63, 3.8) is 0 Å². The summed E-state index contributed by atoms with van der Waals surface area (Å²) in [6.45, 7) is 3.94. The fourth-order valence-corrected chi connectivity index (χ4v) is 2.29. The maximum atomic E-state index is 11.6. The summed E-state index contributed by atoms with van der Waals surface area (Å²) in [6, 6.07) is 2.88. The Kier molecular flexibility index (Phi) is 4.85. The Hall–Kier alpha value is -2.02. The first kappa shape index (κ1) is 15.4. The normalized spacial score (nSPS) is 15.0. The molecular weight excluding hydrogens is 298 g/mol. The van der Waals surface area contributed by atoms with Gasteiger partial charge in [-0.2, -0.15) is 0 Å². The van der Waals surface area contributed by atoms with Gasteiger partial charge in [0.2, 0.25) is 0 Å². The lowest BCUT2D eigenvalue weighted by molar-refractivity contribution is 0.0696. The molecule has 0 unspecified atom stereocenters. The molecule has 114 valence electrons. The molecule has 0 spiro atoms. The fourth-order valence-electron chi connectivity index (χ4n) is 2.15. The van der Waals surface area contributed by atoms with Crippen LogP contribution in [0.4, 0.5) is 10.6 Å². The highest BCUT2D eigenvalue weighted by molar-refractivity contribution is 6.29. The zero-order valence-electron chi connectivity index (χ0n) is 11.6. The molecule has 1 aromatic rings. The number of amides is 1. The number of halogens is 1. The second-order valence-electron chi connectivity index (χ2n) is 4.48. The highest BCUT2D eigenvalue weighted by Crippen LogP contribution is 2.22. The second-order valence-corrected chi connectivity index (χ2v) is 4.87. The molecule has 1 fully saturated rings. The molecule has 0 aromatic carbocycles. The number of carboxylic acid groups (broad SMARTS) is 1. The molecule has 1 aliphatic rings. The number of carbonyl (C=O) groups excluding carboxylic acids is 1. The molecule has 0 radical (unpaired) electrons. The van der Waals surface area contributed by atoms with Crippen LogP contribution in [0, 0.1) is 0 Å². The number of carbonyl (C=O) groups is 2. The van der Waals surface area contributed by atoms with Crippen molar-refractivity contribution in [2.45, 2.75) is 6.92 Å². The molecule has 0 atom stereocenters. The maximum Gasteiger partial charge on any atom is 0.409 e. The number of aromatic nitrogens is 1. The molecule has 0 saturated carbocycles. The van der Waals surface area contributed by atoms with Gasteiger partial charge in [-0.05, 0) is 19.1 Å². The molecule has 21 heavy (non-hydrogen) atoms. The van der Waals surface area contributed by atoms with E-state index >= 15 is 0 Å². The van der Waals surface area contributed by atoms with Crippen molar-refractivity contribution in [2.24, 2.45) is 0 Å². The summed E-state index contributed by atoms with van der Waals surface area (Å²) < 4.78 is 4.94. The van der Waals surface area contributed by atoms with Crippen LogP contribution in [0.5, 0.6) is 0 Å². The monoisotopic (exact) mass is 313 g/mol. The molecule has 0 aliphatic carbocycles. The zero-order chi connectivity index (χ0) is 15.4. The molecule has 1 saturated heterocycles. The van der Waals surface area contributed by atoms with Crippen molar-refractivity contribution in [3.8, 4) is 0 Å². The first-order valence-electron chi connectivity index (χ1n) is 6.59. The Morgan fingerprint density at radius 3 is 2.57 bits per heavy atom. The summed E-state index contributed by atoms with van der Waals surface area (Å²) in [5.74, 6) is -0.722. The van der Waals surface area contributed by atoms with E-state index in [0.717, 1.165) is 0 Å². The van der Waals surface area contributed by atoms with E-state index < -0.39 is 5.97 Å². The number of aromatic carboxylic acids is 1. The Balaban J connectivity index is 2.10. The van der Waals surface area contributed by atoms with Crippen LogP contribution < -0.4 is 4.90 Å². The lowest BCUT2D eigenvalue weighted by Crippen LogP contribution is -2.49. The van der Waals surface area contributed by atoms with E-state index in [1.54, 1.807) is 11.8 Å². The Morgan fingerprint density at radius 2 is 2.00 bits per heavy atom. The van der Waals surface area contributed by atoms with Crippen LogP contribution in [0.1, 0.15) is 17.3 Å². The predicted octanol–water partition coefficient (Wildman–Crippen LogP) is 1.71. The maximum absolute atomic E-state index is 11.6. The summed E-state index contributed by atoms with van der Waals surface area (Å²) in [4.78, 5) is 30.4. The smallest absolute Gasteiger partial charge is 0.409 e. The van der Waals surface area contributed by atoms with E-state index in [-0.39, 0.29) is 16.8 Å². The highest BCUT2D eigenvalue weighted by atomic mass is 35.5. The minimum Gasteiger partial charge on any atom is -0.478 e. The highest BCUT2D eigenvalue weighted by Gasteiger charge is 2.25.